The summed E-state index contributed by atoms with van der Waals surface area (Å²) in [5.74, 6) is 0. The van der Waals surface area contributed by atoms with Gasteiger partial charge in [-0.05, 0) is 19.3 Å². The van der Waals surface area contributed by atoms with Crippen LogP contribution in [0, 0.1) is 0 Å². The van der Waals surface area contributed by atoms with Crippen LogP contribution in [0.3, 0.4) is 0 Å². The van der Waals surface area contributed by atoms with Gasteiger partial charge in [0.15, 0.2) is 0 Å². The smallest absolute Gasteiger partial charge is 0.100 e. The number of nitrogens with zero attached hydrogens (tertiary/aromatic N) is 2. The lowest BCUT2D eigenvalue weighted by Gasteiger charge is -2.30. The standard InChI is InChI=1S/C37H74N2/c1-4-6-8-10-12-14-16-18-20-22-24-26-28-30-32-34-39-36-35-38(3)37(39)33-31-29-27-25-23-21-19-17-15-13-11-9-7-5-2/h35-37H,4-34H2,1-3H3. The van der Waals surface area contributed by atoms with Gasteiger partial charge >= 0.3 is 0 Å². The van der Waals surface area contributed by atoms with E-state index in [9.17, 15) is 0 Å². The van der Waals surface area contributed by atoms with Gasteiger partial charge in [-0.2, -0.15) is 0 Å². The molecule has 39 heavy (non-hydrogen) atoms. The molecule has 2 nitrogen and oxygen atoms in total. The van der Waals surface area contributed by atoms with Crippen LogP contribution in [0.5, 0.6) is 0 Å². The molecule has 1 aliphatic rings. The zero-order valence-corrected chi connectivity index (χ0v) is 27.5. The number of unbranched alkanes of at least 4 members (excludes halogenated alkanes) is 27. The Labute approximate surface area is 248 Å². The molecule has 1 atom stereocenters. The van der Waals surface area contributed by atoms with Crippen LogP contribution in [0.1, 0.15) is 206 Å². The third-order valence-corrected chi connectivity index (χ3v) is 9.18. The van der Waals surface area contributed by atoms with E-state index in [1.165, 1.54) is 199 Å². The van der Waals surface area contributed by atoms with Crippen molar-refractivity contribution in [3.63, 3.8) is 0 Å². The Morgan fingerprint density at radius 3 is 1.05 bits per heavy atom. The molecule has 1 heterocycles. The summed E-state index contributed by atoms with van der Waals surface area (Å²) in [4.78, 5) is 5.08. The Balaban J connectivity index is 1.87. The van der Waals surface area contributed by atoms with Gasteiger partial charge in [0.25, 0.3) is 0 Å². The van der Waals surface area contributed by atoms with E-state index in [4.69, 9.17) is 0 Å². The Bertz CT molecular complexity index is 502. The first-order chi connectivity index (χ1) is 19.3. The van der Waals surface area contributed by atoms with Gasteiger partial charge in [-0.25, -0.2) is 0 Å². The van der Waals surface area contributed by atoms with E-state index in [1.54, 1.807) is 0 Å². The largest absolute Gasteiger partial charge is 0.359 e. The molecule has 0 aromatic heterocycles. The lowest BCUT2D eigenvalue weighted by Crippen LogP contribution is -2.37. The second-order valence-corrected chi connectivity index (χ2v) is 13.0. The van der Waals surface area contributed by atoms with Gasteiger partial charge in [-0.15, -0.1) is 0 Å². The highest BCUT2D eigenvalue weighted by Crippen LogP contribution is 2.22. The van der Waals surface area contributed by atoms with Gasteiger partial charge in [0.2, 0.25) is 0 Å². The molecule has 0 spiro atoms. The topological polar surface area (TPSA) is 6.48 Å². The van der Waals surface area contributed by atoms with Crippen molar-refractivity contribution >= 4 is 0 Å². The number of hydrogen-bond acceptors (Lipinski definition) is 2. The van der Waals surface area contributed by atoms with E-state index < -0.39 is 0 Å². The van der Waals surface area contributed by atoms with Gasteiger partial charge in [0.05, 0.1) is 0 Å². The molecule has 0 radical (unpaired) electrons. The average molecular weight is 547 g/mol. The fraction of sp³-hybridized carbons (Fsp3) is 0.946. The molecular weight excluding hydrogens is 472 g/mol. The molecule has 0 amide bonds. The highest BCUT2D eigenvalue weighted by Gasteiger charge is 2.22. The summed E-state index contributed by atoms with van der Waals surface area (Å²) >= 11 is 0. The minimum Gasteiger partial charge on any atom is -0.359 e. The van der Waals surface area contributed by atoms with Crippen molar-refractivity contribution in [1.82, 2.24) is 9.80 Å². The van der Waals surface area contributed by atoms with Gasteiger partial charge in [0, 0.05) is 26.0 Å². The molecule has 0 aliphatic carbocycles. The molecule has 1 rings (SSSR count). The van der Waals surface area contributed by atoms with Gasteiger partial charge in [-0.3, -0.25) is 0 Å². The molecular formula is C37H74N2. The van der Waals surface area contributed by atoms with Crippen molar-refractivity contribution in [2.75, 3.05) is 13.6 Å². The first kappa shape index (κ1) is 36.4. The summed E-state index contributed by atoms with van der Waals surface area (Å²) in [6, 6.07) is 0. The third-order valence-electron chi connectivity index (χ3n) is 9.18. The molecule has 0 aromatic carbocycles. The summed E-state index contributed by atoms with van der Waals surface area (Å²) in [6.07, 6.45) is 48.6. The van der Waals surface area contributed by atoms with Crippen molar-refractivity contribution in [3.8, 4) is 0 Å². The zero-order valence-electron chi connectivity index (χ0n) is 27.5. The average Bonchev–Trinajstić information content (AvgIpc) is 3.29. The fourth-order valence-corrected chi connectivity index (χ4v) is 6.40. The maximum atomic E-state index is 2.63. The van der Waals surface area contributed by atoms with Crippen LogP contribution in [0.15, 0.2) is 12.4 Å². The van der Waals surface area contributed by atoms with Crippen molar-refractivity contribution in [1.29, 1.82) is 0 Å². The Morgan fingerprint density at radius 1 is 0.385 bits per heavy atom. The number of hydrogen-bond donors (Lipinski definition) is 0. The normalized spacial score (nSPS) is 15.2. The fourth-order valence-electron chi connectivity index (χ4n) is 6.40. The summed E-state index contributed by atoms with van der Waals surface area (Å²) in [6.45, 7) is 5.87. The SMILES string of the molecule is CCCCCCCCCCCCCCCCCN1C=CN(C)C1CCCCCCCCCCCCCCCC. The van der Waals surface area contributed by atoms with Crippen LogP contribution < -0.4 is 0 Å². The molecule has 1 aliphatic heterocycles. The second kappa shape index (κ2) is 28.9. The minimum absolute atomic E-state index is 0.619. The number of rotatable bonds is 31. The van der Waals surface area contributed by atoms with Crippen LogP contribution >= 0.6 is 0 Å². The van der Waals surface area contributed by atoms with Gasteiger partial charge < -0.3 is 9.80 Å². The molecule has 2 heteroatoms. The molecule has 0 aromatic rings. The van der Waals surface area contributed by atoms with Crippen LogP contribution in [0.2, 0.25) is 0 Å². The predicted octanol–water partition coefficient (Wildman–Crippen LogP) is 12.8. The van der Waals surface area contributed by atoms with Crippen molar-refractivity contribution < 1.29 is 0 Å². The first-order valence-electron chi connectivity index (χ1n) is 18.5. The molecule has 1 unspecified atom stereocenters. The highest BCUT2D eigenvalue weighted by atomic mass is 15.4. The van der Waals surface area contributed by atoms with Crippen LogP contribution in [-0.2, 0) is 0 Å². The van der Waals surface area contributed by atoms with Gasteiger partial charge in [0.1, 0.15) is 6.17 Å². The molecule has 0 N–H and O–H groups in total. The quantitative estimate of drug-likeness (QED) is 0.0798. The molecule has 0 saturated heterocycles. The van der Waals surface area contributed by atoms with E-state index in [-0.39, 0.29) is 0 Å². The minimum atomic E-state index is 0.619. The Kier molecular flexibility index (Phi) is 26.9. The molecule has 0 saturated carbocycles. The lowest BCUT2D eigenvalue weighted by atomic mass is 10.0. The van der Waals surface area contributed by atoms with E-state index in [2.05, 4.69) is 43.1 Å². The second-order valence-electron chi connectivity index (χ2n) is 13.0. The summed E-state index contributed by atoms with van der Waals surface area (Å²) in [5, 5.41) is 0. The van der Waals surface area contributed by atoms with Crippen molar-refractivity contribution in [2.45, 2.75) is 213 Å². The Hall–Kier alpha value is -0.660. The zero-order chi connectivity index (χ0) is 28.1. The summed E-state index contributed by atoms with van der Waals surface area (Å²) in [7, 11) is 2.28. The molecule has 232 valence electrons. The van der Waals surface area contributed by atoms with E-state index in [0.29, 0.717) is 6.17 Å². The van der Waals surface area contributed by atoms with Crippen LogP contribution in [0.4, 0.5) is 0 Å². The highest BCUT2D eigenvalue weighted by molar-refractivity contribution is 4.95. The maximum Gasteiger partial charge on any atom is 0.100 e. The molecule has 0 fully saturated rings. The first-order valence-corrected chi connectivity index (χ1v) is 18.5. The van der Waals surface area contributed by atoms with E-state index in [0.717, 1.165) is 0 Å². The molecule has 0 bridgehead atoms. The lowest BCUT2D eigenvalue weighted by molar-refractivity contribution is 0.159. The van der Waals surface area contributed by atoms with E-state index >= 15 is 0 Å². The van der Waals surface area contributed by atoms with Crippen LogP contribution in [0.25, 0.3) is 0 Å². The maximum absolute atomic E-state index is 2.63. The Morgan fingerprint density at radius 2 is 0.692 bits per heavy atom. The van der Waals surface area contributed by atoms with E-state index in [1.807, 2.05) is 0 Å². The summed E-state index contributed by atoms with van der Waals surface area (Å²) < 4.78 is 0. The monoisotopic (exact) mass is 547 g/mol. The third kappa shape index (κ3) is 22.7. The van der Waals surface area contributed by atoms with Gasteiger partial charge in [-0.1, -0.05) is 187 Å². The van der Waals surface area contributed by atoms with Crippen molar-refractivity contribution in [2.24, 2.45) is 0 Å². The predicted molar refractivity (Wildman–Crippen MR) is 177 cm³/mol. The van der Waals surface area contributed by atoms with Crippen LogP contribution in [-0.4, -0.2) is 29.6 Å². The van der Waals surface area contributed by atoms with Crippen molar-refractivity contribution in [3.05, 3.63) is 12.4 Å². The summed E-state index contributed by atoms with van der Waals surface area (Å²) in [5.41, 5.74) is 0.